The quantitative estimate of drug-likeness (QED) is 0.322. The second kappa shape index (κ2) is 12.5. The Morgan fingerprint density at radius 1 is 1.22 bits per heavy atom. The number of nitrogens with one attached hydrogen (secondary N) is 1. The van der Waals surface area contributed by atoms with Crippen molar-refractivity contribution in [2.24, 2.45) is 0 Å². The van der Waals surface area contributed by atoms with Crippen LogP contribution in [0.5, 0.6) is 5.75 Å². The molecule has 0 aliphatic rings. The van der Waals surface area contributed by atoms with Gasteiger partial charge in [0, 0.05) is 30.2 Å². The van der Waals surface area contributed by atoms with Gasteiger partial charge >= 0.3 is 0 Å². The van der Waals surface area contributed by atoms with E-state index >= 15 is 0 Å². The highest BCUT2D eigenvalue weighted by atomic mass is 35.5. The Balaban J connectivity index is 2.50. The van der Waals surface area contributed by atoms with E-state index in [9.17, 15) is 28.1 Å². The minimum Gasteiger partial charge on any atom is -0.495 e. The van der Waals surface area contributed by atoms with Crippen molar-refractivity contribution < 1.29 is 27.7 Å². The maximum atomic E-state index is 13.5. The summed E-state index contributed by atoms with van der Waals surface area (Å²) in [6, 6.07) is 9.20. The summed E-state index contributed by atoms with van der Waals surface area (Å²) in [6.07, 6.45) is 1.56. The van der Waals surface area contributed by atoms with Crippen molar-refractivity contribution in [2.45, 2.75) is 32.9 Å². The lowest BCUT2D eigenvalue weighted by molar-refractivity contribution is -0.384. The number of hydrogen-bond donors (Lipinski definition) is 1. The molecule has 0 aliphatic heterocycles. The number of benzene rings is 2. The number of halogens is 1. The van der Waals surface area contributed by atoms with E-state index in [-0.39, 0.29) is 23.7 Å². The predicted octanol–water partition coefficient (Wildman–Crippen LogP) is 2.97. The molecule has 0 aromatic heterocycles. The van der Waals surface area contributed by atoms with Crippen LogP contribution in [0.1, 0.15) is 25.8 Å². The molecule has 0 spiro atoms. The van der Waals surface area contributed by atoms with Gasteiger partial charge in [0.05, 0.1) is 18.3 Å². The van der Waals surface area contributed by atoms with Crippen molar-refractivity contribution in [3.05, 3.63) is 63.2 Å². The van der Waals surface area contributed by atoms with Crippen molar-refractivity contribution in [3.63, 3.8) is 0 Å². The number of anilines is 1. The molecular formula is C23H29ClN4O7S. The average Bonchev–Trinajstić information content (AvgIpc) is 2.82. The number of hydrogen-bond acceptors (Lipinski definition) is 7. The first-order valence-electron chi connectivity index (χ1n) is 11.0. The van der Waals surface area contributed by atoms with Gasteiger partial charge < -0.3 is 15.0 Å². The number of amides is 2. The number of ether oxygens (including phenoxy) is 1. The van der Waals surface area contributed by atoms with Crippen LogP contribution in [0.15, 0.2) is 42.5 Å². The van der Waals surface area contributed by atoms with E-state index in [0.717, 1.165) is 22.7 Å². The van der Waals surface area contributed by atoms with E-state index in [1.165, 1.54) is 25.0 Å². The number of nitrogens with zero attached hydrogens (tertiary/aromatic N) is 3. The zero-order valence-corrected chi connectivity index (χ0v) is 22.0. The molecule has 13 heteroatoms. The molecule has 0 heterocycles. The molecule has 0 aliphatic carbocycles. The van der Waals surface area contributed by atoms with Gasteiger partial charge in [-0.05, 0) is 37.1 Å². The van der Waals surface area contributed by atoms with Gasteiger partial charge in [-0.15, -0.1) is 0 Å². The number of sulfonamides is 1. The Morgan fingerprint density at radius 3 is 2.47 bits per heavy atom. The topological polar surface area (TPSA) is 139 Å². The van der Waals surface area contributed by atoms with Crippen molar-refractivity contribution in [2.75, 3.05) is 30.8 Å². The molecule has 0 saturated heterocycles. The van der Waals surface area contributed by atoms with Gasteiger partial charge in [0.2, 0.25) is 21.8 Å². The molecule has 196 valence electrons. The molecule has 0 fully saturated rings. The van der Waals surface area contributed by atoms with Crippen LogP contribution in [-0.2, 0) is 26.2 Å². The fourth-order valence-corrected chi connectivity index (χ4v) is 4.45. The Hall–Kier alpha value is -3.38. The van der Waals surface area contributed by atoms with Crippen molar-refractivity contribution in [3.8, 4) is 5.75 Å². The lowest BCUT2D eigenvalue weighted by atomic mass is 10.1. The van der Waals surface area contributed by atoms with Crippen LogP contribution in [0.2, 0.25) is 5.02 Å². The van der Waals surface area contributed by atoms with Crippen molar-refractivity contribution >= 4 is 44.8 Å². The van der Waals surface area contributed by atoms with Crippen molar-refractivity contribution in [1.29, 1.82) is 0 Å². The van der Waals surface area contributed by atoms with Gasteiger partial charge in [-0.3, -0.25) is 24.0 Å². The molecular weight excluding hydrogens is 512 g/mol. The molecule has 2 amide bonds. The predicted molar refractivity (Wildman–Crippen MR) is 137 cm³/mol. The molecule has 2 aromatic rings. The summed E-state index contributed by atoms with van der Waals surface area (Å²) in [6.45, 7) is 3.08. The summed E-state index contributed by atoms with van der Waals surface area (Å²) in [5.41, 5.74) is 0.0770. The fraction of sp³-hybridized carbons (Fsp3) is 0.391. The molecule has 1 N–H and O–H groups in total. The van der Waals surface area contributed by atoms with E-state index in [1.807, 2.05) is 6.92 Å². The van der Waals surface area contributed by atoms with Gasteiger partial charge in [-0.2, -0.15) is 0 Å². The third-order valence-electron chi connectivity index (χ3n) is 5.28. The fourth-order valence-electron chi connectivity index (χ4n) is 3.39. The Morgan fingerprint density at radius 2 is 1.92 bits per heavy atom. The Kier molecular flexibility index (Phi) is 10.1. The summed E-state index contributed by atoms with van der Waals surface area (Å²) >= 11 is 6.08. The summed E-state index contributed by atoms with van der Waals surface area (Å²) < 4.78 is 31.4. The van der Waals surface area contributed by atoms with E-state index in [4.69, 9.17) is 16.3 Å². The molecule has 2 aromatic carbocycles. The zero-order valence-electron chi connectivity index (χ0n) is 20.4. The first-order valence-corrected chi connectivity index (χ1v) is 13.2. The number of methoxy groups -OCH3 is 1. The standard InChI is InChI=1S/C23H29ClN4O7S/c1-5-11-25-23(30)16(2)26(14-17-7-6-8-18(24)12-17)22(29)15-27(36(4,33)34)20-13-19(28(31)32)9-10-21(20)35-3/h6-10,12-13,16H,5,11,14-15H2,1-4H3,(H,25,30)/t16-/m0/s1. The molecule has 0 unspecified atom stereocenters. The number of carbonyl (C=O) groups is 2. The molecule has 0 radical (unpaired) electrons. The molecule has 0 saturated carbocycles. The monoisotopic (exact) mass is 540 g/mol. The zero-order chi connectivity index (χ0) is 27.0. The summed E-state index contributed by atoms with van der Waals surface area (Å²) in [5.74, 6) is -1.09. The normalized spacial score (nSPS) is 11.9. The van der Waals surface area contributed by atoms with Gasteiger partial charge in [-0.25, -0.2) is 8.42 Å². The van der Waals surface area contributed by atoms with E-state index < -0.39 is 39.3 Å². The van der Waals surface area contributed by atoms with Crippen LogP contribution in [0, 0.1) is 10.1 Å². The Labute approximate surface area is 215 Å². The van der Waals surface area contributed by atoms with Crippen LogP contribution in [0.4, 0.5) is 11.4 Å². The smallest absolute Gasteiger partial charge is 0.271 e. The highest BCUT2D eigenvalue weighted by molar-refractivity contribution is 7.92. The van der Waals surface area contributed by atoms with Gasteiger partial charge in [0.15, 0.2) is 0 Å². The third kappa shape index (κ3) is 7.56. The summed E-state index contributed by atoms with van der Waals surface area (Å²) in [5, 5.41) is 14.5. The van der Waals surface area contributed by atoms with Crippen LogP contribution in [0.3, 0.4) is 0 Å². The largest absolute Gasteiger partial charge is 0.495 e. The first-order chi connectivity index (χ1) is 16.9. The lowest BCUT2D eigenvalue weighted by Gasteiger charge is -2.31. The molecule has 11 nitrogen and oxygen atoms in total. The van der Waals surface area contributed by atoms with Crippen LogP contribution in [0.25, 0.3) is 0 Å². The third-order valence-corrected chi connectivity index (χ3v) is 6.64. The van der Waals surface area contributed by atoms with Crippen LogP contribution >= 0.6 is 11.6 Å². The number of carbonyl (C=O) groups excluding carboxylic acids is 2. The second-order valence-electron chi connectivity index (χ2n) is 8.00. The summed E-state index contributed by atoms with van der Waals surface area (Å²) in [4.78, 5) is 38.1. The second-order valence-corrected chi connectivity index (χ2v) is 10.3. The highest BCUT2D eigenvalue weighted by Gasteiger charge is 2.32. The van der Waals surface area contributed by atoms with Gasteiger partial charge in [-0.1, -0.05) is 30.7 Å². The first kappa shape index (κ1) is 28.9. The highest BCUT2D eigenvalue weighted by Crippen LogP contribution is 2.34. The van der Waals surface area contributed by atoms with E-state index in [1.54, 1.807) is 24.3 Å². The SMILES string of the molecule is CCCNC(=O)[C@H](C)N(Cc1cccc(Cl)c1)C(=O)CN(c1cc([N+](=O)[O-])ccc1OC)S(C)(=O)=O. The van der Waals surface area contributed by atoms with Gasteiger partial charge in [0.1, 0.15) is 24.0 Å². The van der Waals surface area contributed by atoms with Crippen molar-refractivity contribution in [1.82, 2.24) is 10.2 Å². The molecule has 2 rings (SSSR count). The number of rotatable bonds is 12. The lowest BCUT2D eigenvalue weighted by Crippen LogP contribution is -2.51. The Bertz CT molecular complexity index is 1220. The number of nitro benzene ring substituents is 1. The van der Waals surface area contributed by atoms with E-state index in [0.29, 0.717) is 23.6 Å². The molecule has 0 bridgehead atoms. The summed E-state index contributed by atoms with van der Waals surface area (Å²) in [7, 11) is -2.82. The average molecular weight is 541 g/mol. The minimum absolute atomic E-state index is 0.0222. The molecule has 1 atom stereocenters. The van der Waals surface area contributed by atoms with Crippen LogP contribution in [-0.4, -0.2) is 62.6 Å². The number of non-ortho nitro benzene ring substituents is 1. The van der Waals surface area contributed by atoms with Gasteiger partial charge in [0.25, 0.3) is 5.69 Å². The number of nitro groups is 1. The van der Waals surface area contributed by atoms with Crippen LogP contribution < -0.4 is 14.4 Å². The van der Waals surface area contributed by atoms with E-state index in [2.05, 4.69) is 5.32 Å². The maximum absolute atomic E-state index is 13.5. The minimum atomic E-state index is -4.10. The maximum Gasteiger partial charge on any atom is 0.271 e. The molecule has 36 heavy (non-hydrogen) atoms.